The summed E-state index contributed by atoms with van der Waals surface area (Å²) in [5, 5.41) is 12.1. The summed E-state index contributed by atoms with van der Waals surface area (Å²) in [7, 11) is 0. The molecule has 0 aliphatic carbocycles. The Bertz CT molecular complexity index is 449. The van der Waals surface area contributed by atoms with Gasteiger partial charge in [-0.25, -0.2) is 0 Å². The van der Waals surface area contributed by atoms with Crippen molar-refractivity contribution in [3.05, 3.63) is 34.4 Å². The maximum absolute atomic E-state index is 11.3. The molecule has 1 aromatic rings. The zero-order valence-electron chi connectivity index (χ0n) is 10.4. The number of rotatable bonds is 4. The SMILES string of the molecule is C#CCN[C@H](C(=O)O)c1c(C)cc(C)cc1C. The molecule has 1 rings (SSSR count). The van der Waals surface area contributed by atoms with Gasteiger partial charge in [0, 0.05) is 0 Å². The number of carboxylic acids is 1. The van der Waals surface area contributed by atoms with Crippen LogP contribution in [-0.2, 0) is 4.79 Å². The molecular formula is C14H17NO2. The van der Waals surface area contributed by atoms with Gasteiger partial charge in [-0.3, -0.25) is 10.1 Å². The predicted molar refractivity (Wildman–Crippen MR) is 67.9 cm³/mol. The lowest BCUT2D eigenvalue weighted by Crippen LogP contribution is -2.30. The van der Waals surface area contributed by atoms with E-state index in [1.54, 1.807) is 0 Å². The number of aliphatic carboxylic acids is 1. The molecule has 0 radical (unpaired) electrons. The summed E-state index contributed by atoms with van der Waals surface area (Å²) in [4.78, 5) is 11.3. The Kier molecular flexibility index (Phi) is 4.30. The van der Waals surface area contributed by atoms with Gasteiger partial charge in [-0.05, 0) is 37.5 Å². The monoisotopic (exact) mass is 231 g/mol. The first-order chi connectivity index (χ1) is 7.97. The second-order valence-electron chi connectivity index (χ2n) is 4.17. The van der Waals surface area contributed by atoms with Crippen molar-refractivity contribution in [2.45, 2.75) is 26.8 Å². The molecule has 2 N–H and O–H groups in total. The van der Waals surface area contributed by atoms with Crippen molar-refractivity contribution < 1.29 is 9.90 Å². The minimum Gasteiger partial charge on any atom is -0.480 e. The predicted octanol–water partition coefficient (Wildman–Crippen LogP) is 1.96. The summed E-state index contributed by atoms with van der Waals surface area (Å²) in [6.45, 7) is 6.07. The van der Waals surface area contributed by atoms with Crippen molar-refractivity contribution >= 4 is 5.97 Å². The van der Waals surface area contributed by atoms with Crippen molar-refractivity contribution in [1.29, 1.82) is 0 Å². The molecule has 3 nitrogen and oxygen atoms in total. The van der Waals surface area contributed by atoms with Gasteiger partial charge in [0.05, 0.1) is 6.54 Å². The minimum atomic E-state index is -0.907. The Balaban J connectivity index is 3.19. The first-order valence-electron chi connectivity index (χ1n) is 5.44. The first-order valence-corrected chi connectivity index (χ1v) is 5.44. The van der Waals surface area contributed by atoms with Crippen LogP contribution in [0.15, 0.2) is 12.1 Å². The molecule has 3 heteroatoms. The summed E-state index contributed by atoms with van der Waals surface area (Å²) in [6.07, 6.45) is 5.15. The highest BCUT2D eigenvalue weighted by Gasteiger charge is 2.22. The van der Waals surface area contributed by atoms with E-state index < -0.39 is 12.0 Å². The van der Waals surface area contributed by atoms with Gasteiger partial charge < -0.3 is 5.11 Å². The molecule has 0 saturated carbocycles. The molecule has 90 valence electrons. The number of terminal acetylenes is 1. The van der Waals surface area contributed by atoms with Crippen molar-refractivity contribution in [2.75, 3.05) is 6.54 Å². The number of carboxylic acid groups (broad SMARTS) is 1. The third-order valence-corrected chi connectivity index (χ3v) is 2.68. The smallest absolute Gasteiger partial charge is 0.325 e. The van der Waals surface area contributed by atoms with Crippen LogP contribution in [0.2, 0.25) is 0 Å². The highest BCUT2D eigenvalue weighted by atomic mass is 16.4. The molecule has 1 aromatic carbocycles. The van der Waals surface area contributed by atoms with Gasteiger partial charge in [-0.15, -0.1) is 6.42 Å². The topological polar surface area (TPSA) is 49.3 Å². The normalized spacial score (nSPS) is 11.9. The molecule has 0 spiro atoms. The van der Waals surface area contributed by atoms with Crippen LogP contribution in [0.25, 0.3) is 0 Å². The Morgan fingerprint density at radius 3 is 2.35 bits per heavy atom. The average molecular weight is 231 g/mol. The Labute approximate surface area is 102 Å². The average Bonchev–Trinajstić information content (AvgIpc) is 2.20. The van der Waals surface area contributed by atoms with Gasteiger partial charge in [-0.1, -0.05) is 23.6 Å². The lowest BCUT2D eigenvalue weighted by molar-refractivity contribution is -0.139. The van der Waals surface area contributed by atoms with Gasteiger partial charge in [-0.2, -0.15) is 0 Å². The highest BCUT2D eigenvalue weighted by molar-refractivity contribution is 5.77. The molecule has 17 heavy (non-hydrogen) atoms. The van der Waals surface area contributed by atoms with Crippen molar-refractivity contribution in [1.82, 2.24) is 5.32 Å². The van der Waals surface area contributed by atoms with E-state index in [9.17, 15) is 9.90 Å². The van der Waals surface area contributed by atoms with Gasteiger partial charge >= 0.3 is 5.97 Å². The second kappa shape index (κ2) is 5.51. The van der Waals surface area contributed by atoms with Crippen LogP contribution in [0.5, 0.6) is 0 Å². The van der Waals surface area contributed by atoms with E-state index in [1.165, 1.54) is 0 Å². The fourth-order valence-electron chi connectivity index (χ4n) is 2.12. The molecule has 0 aromatic heterocycles. The number of hydrogen-bond donors (Lipinski definition) is 2. The van der Waals surface area contributed by atoms with Gasteiger partial charge in [0.25, 0.3) is 0 Å². The van der Waals surface area contributed by atoms with Crippen LogP contribution in [-0.4, -0.2) is 17.6 Å². The molecule has 0 unspecified atom stereocenters. The number of hydrogen-bond acceptors (Lipinski definition) is 2. The number of carbonyl (C=O) groups is 1. The van der Waals surface area contributed by atoms with E-state index in [0.29, 0.717) is 0 Å². The van der Waals surface area contributed by atoms with E-state index in [-0.39, 0.29) is 6.54 Å². The highest BCUT2D eigenvalue weighted by Crippen LogP contribution is 2.23. The molecule has 0 heterocycles. The van der Waals surface area contributed by atoms with Crippen LogP contribution < -0.4 is 5.32 Å². The third-order valence-electron chi connectivity index (χ3n) is 2.68. The Morgan fingerprint density at radius 2 is 1.94 bits per heavy atom. The molecule has 0 aliphatic rings. The summed E-state index contributed by atoms with van der Waals surface area (Å²) in [5.74, 6) is 1.49. The Morgan fingerprint density at radius 1 is 1.41 bits per heavy atom. The van der Waals surface area contributed by atoms with E-state index in [2.05, 4.69) is 11.2 Å². The van der Waals surface area contributed by atoms with E-state index in [0.717, 1.165) is 22.3 Å². The number of aryl methyl sites for hydroxylation is 3. The van der Waals surface area contributed by atoms with Crippen LogP contribution in [0.4, 0.5) is 0 Å². The molecule has 0 fully saturated rings. The van der Waals surface area contributed by atoms with Crippen molar-refractivity contribution in [2.24, 2.45) is 0 Å². The molecular weight excluding hydrogens is 214 g/mol. The summed E-state index contributed by atoms with van der Waals surface area (Å²) in [5.41, 5.74) is 3.88. The number of benzene rings is 1. The van der Waals surface area contributed by atoms with Gasteiger partial charge in [0.2, 0.25) is 0 Å². The third kappa shape index (κ3) is 3.08. The van der Waals surface area contributed by atoms with Crippen molar-refractivity contribution in [3.63, 3.8) is 0 Å². The molecule has 1 atom stereocenters. The second-order valence-corrected chi connectivity index (χ2v) is 4.17. The maximum atomic E-state index is 11.3. The van der Waals surface area contributed by atoms with Crippen LogP contribution in [0, 0.1) is 33.1 Å². The van der Waals surface area contributed by atoms with Gasteiger partial charge in [0.1, 0.15) is 6.04 Å². The Hall–Kier alpha value is -1.79. The largest absolute Gasteiger partial charge is 0.480 e. The molecule has 0 amide bonds. The molecule has 0 aliphatic heterocycles. The fraction of sp³-hybridized carbons (Fsp3) is 0.357. The van der Waals surface area contributed by atoms with Crippen LogP contribution >= 0.6 is 0 Å². The quantitative estimate of drug-likeness (QED) is 0.779. The van der Waals surface area contributed by atoms with Crippen molar-refractivity contribution in [3.8, 4) is 12.3 Å². The van der Waals surface area contributed by atoms with Crippen LogP contribution in [0.1, 0.15) is 28.3 Å². The number of nitrogens with one attached hydrogen (secondary N) is 1. The lowest BCUT2D eigenvalue weighted by atomic mass is 9.94. The first kappa shape index (κ1) is 13.3. The standard InChI is InChI=1S/C14H17NO2/c1-5-6-15-13(14(16)17)12-10(3)7-9(2)8-11(12)4/h1,7-8,13,15H,6H2,2-4H3,(H,16,17)/t13-/m0/s1. The van der Waals surface area contributed by atoms with Gasteiger partial charge in [0.15, 0.2) is 0 Å². The zero-order valence-corrected chi connectivity index (χ0v) is 10.4. The van der Waals surface area contributed by atoms with E-state index in [1.807, 2.05) is 32.9 Å². The summed E-state index contributed by atoms with van der Waals surface area (Å²) < 4.78 is 0. The fourth-order valence-corrected chi connectivity index (χ4v) is 2.12. The lowest BCUT2D eigenvalue weighted by Gasteiger charge is -2.19. The minimum absolute atomic E-state index is 0.240. The molecule has 0 bridgehead atoms. The summed E-state index contributed by atoms with van der Waals surface area (Å²) in [6, 6.07) is 3.22. The van der Waals surface area contributed by atoms with E-state index >= 15 is 0 Å². The zero-order chi connectivity index (χ0) is 13.0. The molecule has 0 saturated heterocycles. The summed E-state index contributed by atoms with van der Waals surface area (Å²) >= 11 is 0. The maximum Gasteiger partial charge on any atom is 0.325 e. The van der Waals surface area contributed by atoms with E-state index in [4.69, 9.17) is 6.42 Å². The van der Waals surface area contributed by atoms with Crippen LogP contribution in [0.3, 0.4) is 0 Å².